The topological polar surface area (TPSA) is 34.9 Å². The molecule has 1 atom stereocenters. The SMILES string of the molecule is O=c1c2sccc2nc2n1CC(CS)S2. The molecule has 0 aliphatic carbocycles. The zero-order valence-electron chi connectivity index (χ0n) is 7.71. The van der Waals surface area contributed by atoms with Crippen LogP contribution in [0.5, 0.6) is 0 Å². The van der Waals surface area contributed by atoms with Crippen molar-refractivity contribution in [2.75, 3.05) is 5.75 Å². The smallest absolute Gasteiger partial charge is 0.272 e. The van der Waals surface area contributed by atoms with E-state index < -0.39 is 0 Å². The zero-order chi connectivity index (χ0) is 10.4. The van der Waals surface area contributed by atoms with E-state index in [1.54, 1.807) is 16.3 Å². The predicted octanol–water partition coefficient (Wildman–Crippen LogP) is 1.86. The van der Waals surface area contributed by atoms with Gasteiger partial charge in [0.1, 0.15) is 4.70 Å². The van der Waals surface area contributed by atoms with Crippen LogP contribution in [0.4, 0.5) is 0 Å². The van der Waals surface area contributed by atoms with Gasteiger partial charge in [0, 0.05) is 17.5 Å². The summed E-state index contributed by atoms with van der Waals surface area (Å²) in [4.78, 5) is 16.5. The van der Waals surface area contributed by atoms with Gasteiger partial charge in [0.15, 0.2) is 5.16 Å². The summed E-state index contributed by atoms with van der Waals surface area (Å²) in [6, 6.07) is 1.90. The zero-order valence-corrected chi connectivity index (χ0v) is 10.2. The van der Waals surface area contributed by atoms with E-state index in [0.717, 1.165) is 27.7 Å². The Labute approximate surface area is 99.9 Å². The van der Waals surface area contributed by atoms with Gasteiger partial charge in [-0.25, -0.2) is 4.98 Å². The summed E-state index contributed by atoms with van der Waals surface area (Å²) in [6.07, 6.45) is 0. The van der Waals surface area contributed by atoms with Gasteiger partial charge in [0.2, 0.25) is 0 Å². The number of hydrogen-bond donors (Lipinski definition) is 1. The second-order valence-electron chi connectivity index (χ2n) is 3.37. The van der Waals surface area contributed by atoms with Crippen molar-refractivity contribution in [3.05, 3.63) is 21.8 Å². The fourth-order valence-electron chi connectivity index (χ4n) is 1.66. The van der Waals surface area contributed by atoms with E-state index in [4.69, 9.17) is 0 Å². The van der Waals surface area contributed by atoms with Crippen LogP contribution in [0.2, 0.25) is 0 Å². The maximum atomic E-state index is 12.0. The van der Waals surface area contributed by atoms with Crippen LogP contribution in [0.3, 0.4) is 0 Å². The number of thiol groups is 1. The maximum Gasteiger partial charge on any atom is 0.272 e. The van der Waals surface area contributed by atoms with Gasteiger partial charge in [0.25, 0.3) is 5.56 Å². The monoisotopic (exact) mass is 256 g/mol. The summed E-state index contributed by atoms with van der Waals surface area (Å²) in [5.74, 6) is 0.779. The molecule has 0 fully saturated rings. The molecule has 1 unspecified atom stereocenters. The van der Waals surface area contributed by atoms with Crippen molar-refractivity contribution in [1.29, 1.82) is 0 Å². The van der Waals surface area contributed by atoms with E-state index in [1.807, 2.05) is 11.4 Å². The Morgan fingerprint density at radius 2 is 2.53 bits per heavy atom. The van der Waals surface area contributed by atoms with Crippen molar-refractivity contribution in [2.24, 2.45) is 0 Å². The van der Waals surface area contributed by atoms with Gasteiger partial charge >= 0.3 is 0 Å². The van der Waals surface area contributed by atoms with E-state index in [2.05, 4.69) is 17.6 Å². The molecule has 0 amide bonds. The van der Waals surface area contributed by atoms with Crippen LogP contribution in [-0.2, 0) is 6.54 Å². The maximum absolute atomic E-state index is 12.0. The van der Waals surface area contributed by atoms with Gasteiger partial charge < -0.3 is 0 Å². The van der Waals surface area contributed by atoms with E-state index in [0.29, 0.717) is 5.25 Å². The molecule has 3 heterocycles. The molecular weight excluding hydrogens is 248 g/mol. The molecule has 15 heavy (non-hydrogen) atoms. The molecule has 1 aliphatic heterocycles. The number of rotatable bonds is 1. The molecule has 1 aliphatic rings. The average molecular weight is 256 g/mol. The third kappa shape index (κ3) is 1.43. The van der Waals surface area contributed by atoms with Crippen LogP contribution in [0.15, 0.2) is 21.4 Å². The highest BCUT2D eigenvalue weighted by molar-refractivity contribution is 8.00. The first-order chi connectivity index (χ1) is 7.29. The Bertz CT molecular complexity index is 574. The van der Waals surface area contributed by atoms with Crippen LogP contribution in [0.1, 0.15) is 0 Å². The minimum Gasteiger partial charge on any atom is -0.285 e. The summed E-state index contributed by atoms with van der Waals surface area (Å²) in [5, 5.41) is 3.13. The molecule has 0 spiro atoms. The highest BCUT2D eigenvalue weighted by atomic mass is 32.2. The highest BCUT2D eigenvalue weighted by Crippen LogP contribution is 2.31. The Balaban J connectivity index is 2.26. The molecule has 0 saturated heterocycles. The first-order valence-corrected chi connectivity index (χ1v) is 6.94. The predicted molar refractivity (Wildman–Crippen MR) is 67.4 cm³/mol. The summed E-state index contributed by atoms with van der Waals surface area (Å²) in [7, 11) is 0. The summed E-state index contributed by atoms with van der Waals surface area (Å²) >= 11 is 7.37. The second kappa shape index (κ2) is 3.54. The van der Waals surface area contributed by atoms with Gasteiger partial charge in [0.05, 0.1) is 5.52 Å². The Hall–Kier alpha value is -0.460. The lowest BCUT2D eigenvalue weighted by molar-refractivity contribution is 0.633. The van der Waals surface area contributed by atoms with Crippen molar-refractivity contribution in [3.63, 3.8) is 0 Å². The number of fused-ring (bicyclic) bond motifs is 2. The highest BCUT2D eigenvalue weighted by Gasteiger charge is 2.24. The van der Waals surface area contributed by atoms with Gasteiger partial charge in [-0.15, -0.1) is 11.3 Å². The van der Waals surface area contributed by atoms with E-state index in [9.17, 15) is 4.79 Å². The Kier molecular flexibility index (Phi) is 2.30. The van der Waals surface area contributed by atoms with Crippen LogP contribution < -0.4 is 5.56 Å². The molecule has 2 aromatic rings. The van der Waals surface area contributed by atoms with E-state index >= 15 is 0 Å². The fourth-order valence-corrected chi connectivity index (χ4v) is 3.81. The molecule has 3 nitrogen and oxygen atoms in total. The van der Waals surface area contributed by atoms with Crippen LogP contribution in [0, 0.1) is 0 Å². The van der Waals surface area contributed by atoms with Crippen LogP contribution in [0.25, 0.3) is 10.2 Å². The van der Waals surface area contributed by atoms with Crippen molar-refractivity contribution in [1.82, 2.24) is 9.55 Å². The summed E-state index contributed by atoms with van der Waals surface area (Å²) in [6.45, 7) is 0.739. The molecule has 6 heteroatoms. The third-order valence-electron chi connectivity index (χ3n) is 2.39. The van der Waals surface area contributed by atoms with Gasteiger partial charge in [-0.1, -0.05) is 11.8 Å². The minimum absolute atomic E-state index is 0.0989. The number of thioether (sulfide) groups is 1. The first kappa shape index (κ1) is 9.74. The van der Waals surface area contributed by atoms with Gasteiger partial charge in [-0.2, -0.15) is 12.6 Å². The number of aromatic nitrogens is 2. The van der Waals surface area contributed by atoms with Crippen molar-refractivity contribution >= 4 is 45.9 Å². The van der Waals surface area contributed by atoms with Gasteiger partial charge in [-0.05, 0) is 11.4 Å². The molecule has 78 valence electrons. The quantitative estimate of drug-likeness (QED) is 0.625. The molecule has 0 aromatic carbocycles. The third-order valence-corrected chi connectivity index (χ3v) is 5.14. The molecule has 0 N–H and O–H groups in total. The van der Waals surface area contributed by atoms with Crippen LogP contribution in [-0.4, -0.2) is 20.6 Å². The van der Waals surface area contributed by atoms with Crippen molar-refractivity contribution in [2.45, 2.75) is 17.0 Å². The lowest BCUT2D eigenvalue weighted by atomic mass is 10.4. The van der Waals surface area contributed by atoms with E-state index in [1.165, 1.54) is 11.3 Å². The summed E-state index contributed by atoms with van der Waals surface area (Å²) in [5.41, 5.74) is 0.922. The molecular formula is C9H8N2OS3. The first-order valence-electron chi connectivity index (χ1n) is 4.55. The Morgan fingerprint density at radius 3 is 3.33 bits per heavy atom. The molecule has 2 aromatic heterocycles. The number of thiophene rings is 1. The molecule has 3 rings (SSSR count). The lowest BCUT2D eigenvalue weighted by Crippen LogP contribution is -2.21. The van der Waals surface area contributed by atoms with Crippen molar-refractivity contribution < 1.29 is 0 Å². The molecule has 0 radical (unpaired) electrons. The lowest BCUT2D eigenvalue weighted by Gasteiger charge is -2.00. The summed E-state index contributed by atoms with van der Waals surface area (Å²) < 4.78 is 2.53. The van der Waals surface area contributed by atoms with E-state index in [-0.39, 0.29) is 5.56 Å². The Morgan fingerprint density at radius 1 is 1.67 bits per heavy atom. The fraction of sp³-hybridized carbons (Fsp3) is 0.333. The normalized spacial score (nSPS) is 19.7. The second-order valence-corrected chi connectivity index (χ2v) is 5.92. The number of nitrogens with zero attached hydrogens (tertiary/aromatic N) is 2. The van der Waals surface area contributed by atoms with Crippen LogP contribution >= 0.6 is 35.7 Å². The standard InChI is InChI=1S/C9H8N2OS3/c12-8-7-6(1-2-14-7)10-9-11(8)3-5(4-13)15-9/h1-2,5,13H,3-4H2. The number of hydrogen-bond acceptors (Lipinski definition) is 5. The minimum atomic E-state index is 0.0989. The molecule has 0 bridgehead atoms. The molecule has 0 saturated carbocycles. The van der Waals surface area contributed by atoms with Gasteiger partial charge in [-0.3, -0.25) is 9.36 Å². The van der Waals surface area contributed by atoms with Crippen molar-refractivity contribution in [3.8, 4) is 0 Å². The average Bonchev–Trinajstić information content (AvgIpc) is 2.83. The largest absolute Gasteiger partial charge is 0.285 e.